The van der Waals surface area contributed by atoms with E-state index in [1.807, 2.05) is 6.07 Å². The number of amides is 1. The quantitative estimate of drug-likeness (QED) is 0.922. The number of nitrogens with zero attached hydrogens (tertiary/aromatic N) is 1. The lowest BCUT2D eigenvalue weighted by Crippen LogP contribution is -2.32. The Morgan fingerprint density at radius 2 is 1.68 bits per heavy atom. The van der Waals surface area contributed by atoms with Crippen LogP contribution in [0.3, 0.4) is 0 Å². The molecule has 0 aliphatic carbocycles. The first-order valence-corrected chi connectivity index (χ1v) is 7.93. The summed E-state index contributed by atoms with van der Waals surface area (Å²) in [7, 11) is 0. The Labute approximate surface area is 131 Å². The van der Waals surface area contributed by atoms with Crippen molar-refractivity contribution in [3.63, 3.8) is 0 Å². The van der Waals surface area contributed by atoms with Gasteiger partial charge in [-0.3, -0.25) is 9.69 Å². The van der Waals surface area contributed by atoms with Gasteiger partial charge in [0, 0.05) is 32.1 Å². The van der Waals surface area contributed by atoms with E-state index in [0.717, 1.165) is 19.6 Å². The van der Waals surface area contributed by atoms with Gasteiger partial charge in [-0.15, -0.1) is 0 Å². The molecular formula is C19H20N2O. The van der Waals surface area contributed by atoms with Gasteiger partial charge in [0.25, 0.3) is 0 Å². The summed E-state index contributed by atoms with van der Waals surface area (Å²) in [5, 5.41) is 3.09. The summed E-state index contributed by atoms with van der Waals surface area (Å²) in [5.41, 5.74) is 3.93. The van der Waals surface area contributed by atoms with Crippen molar-refractivity contribution in [2.75, 3.05) is 13.1 Å². The molecule has 22 heavy (non-hydrogen) atoms. The van der Waals surface area contributed by atoms with E-state index in [4.69, 9.17) is 0 Å². The standard InChI is InChI=1S/C19H20N2O/c22-19-18-13-21(11-14-6-2-1-3-7-14)12-17(18)16-9-5-4-8-15(16)10-20-19/h1-9,17-18H,10-13H2,(H,20,22)/t17-,18+/m1/s1. The highest BCUT2D eigenvalue weighted by Gasteiger charge is 2.40. The van der Waals surface area contributed by atoms with E-state index >= 15 is 0 Å². The van der Waals surface area contributed by atoms with Crippen molar-refractivity contribution in [2.24, 2.45) is 5.92 Å². The average Bonchev–Trinajstić information content (AvgIpc) is 2.92. The summed E-state index contributed by atoms with van der Waals surface area (Å²) < 4.78 is 0. The highest BCUT2D eigenvalue weighted by atomic mass is 16.2. The molecule has 2 aliphatic rings. The molecule has 2 heterocycles. The van der Waals surface area contributed by atoms with Gasteiger partial charge in [-0.05, 0) is 16.7 Å². The van der Waals surface area contributed by atoms with Crippen molar-refractivity contribution in [2.45, 2.75) is 19.0 Å². The molecule has 0 aromatic heterocycles. The first-order chi connectivity index (χ1) is 10.8. The number of carbonyl (C=O) groups excluding carboxylic acids is 1. The summed E-state index contributed by atoms with van der Waals surface area (Å²) in [4.78, 5) is 14.8. The predicted molar refractivity (Wildman–Crippen MR) is 86.2 cm³/mol. The van der Waals surface area contributed by atoms with Crippen LogP contribution < -0.4 is 5.32 Å². The molecule has 0 bridgehead atoms. The highest BCUT2D eigenvalue weighted by Crippen LogP contribution is 2.37. The summed E-state index contributed by atoms with van der Waals surface area (Å²) in [6.45, 7) is 3.40. The third-order valence-corrected chi connectivity index (χ3v) is 4.89. The molecule has 0 unspecified atom stereocenters. The molecule has 112 valence electrons. The molecule has 2 atom stereocenters. The van der Waals surface area contributed by atoms with Crippen LogP contribution in [0.1, 0.15) is 22.6 Å². The van der Waals surface area contributed by atoms with Gasteiger partial charge in [-0.2, -0.15) is 0 Å². The summed E-state index contributed by atoms with van der Waals surface area (Å²) in [6.07, 6.45) is 0. The van der Waals surface area contributed by atoms with Crippen LogP contribution in [0, 0.1) is 5.92 Å². The van der Waals surface area contributed by atoms with Crippen LogP contribution in [0.5, 0.6) is 0 Å². The first-order valence-electron chi connectivity index (χ1n) is 7.93. The van der Waals surface area contributed by atoms with Crippen LogP contribution in [0.25, 0.3) is 0 Å². The SMILES string of the molecule is O=C1NCc2ccccc2[C@H]2CN(Cc3ccccc3)C[C@H]12. The molecule has 4 rings (SSSR count). The fourth-order valence-electron chi connectivity index (χ4n) is 3.81. The second-order valence-electron chi connectivity index (χ2n) is 6.31. The molecule has 2 aliphatic heterocycles. The second kappa shape index (κ2) is 5.58. The highest BCUT2D eigenvalue weighted by molar-refractivity contribution is 5.81. The minimum atomic E-state index is 0.0763. The lowest BCUT2D eigenvalue weighted by molar-refractivity contribution is -0.124. The Morgan fingerprint density at radius 3 is 2.55 bits per heavy atom. The molecule has 1 N–H and O–H groups in total. The van der Waals surface area contributed by atoms with Gasteiger partial charge in [-0.25, -0.2) is 0 Å². The van der Waals surface area contributed by atoms with Crippen LogP contribution in [-0.2, 0) is 17.9 Å². The molecular weight excluding hydrogens is 272 g/mol. The Kier molecular flexibility index (Phi) is 3.43. The van der Waals surface area contributed by atoms with Gasteiger partial charge in [0.1, 0.15) is 0 Å². The maximum absolute atomic E-state index is 12.4. The number of nitrogens with one attached hydrogen (secondary N) is 1. The van der Waals surface area contributed by atoms with Gasteiger partial charge in [0.05, 0.1) is 5.92 Å². The molecule has 3 heteroatoms. The molecule has 1 saturated heterocycles. The zero-order valence-corrected chi connectivity index (χ0v) is 12.5. The number of benzene rings is 2. The molecule has 0 radical (unpaired) electrons. The lowest BCUT2D eigenvalue weighted by atomic mass is 9.87. The van der Waals surface area contributed by atoms with Crippen molar-refractivity contribution >= 4 is 5.91 Å². The second-order valence-corrected chi connectivity index (χ2v) is 6.31. The normalized spacial score (nSPS) is 24.3. The van der Waals surface area contributed by atoms with E-state index in [0.29, 0.717) is 12.5 Å². The van der Waals surface area contributed by atoms with Crippen molar-refractivity contribution in [3.05, 3.63) is 71.3 Å². The zero-order valence-electron chi connectivity index (χ0n) is 12.5. The van der Waals surface area contributed by atoms with Crippen LogP contribution in [0.4, 0.5) is 0 Å². The Hall–Kier alpha value is -2.13. The maximum Gasteiger partial charge on any atom is 0.225 e. The van der Waals surface area contributed by atoms with Crippen LogP contribution in [-0.4, -0.2) is 23.9 Å². The van der Waals surface area contributed by atoms with Crippen molar-refractivity contribution in [3.8, 4) is 0 Å². The van der Waals surface area contributed by atoms with E-state index in [-0.39, 0.29) is 11.8 Å². The fourth-order valence-corrected chi connectivity index (χ4v) is 3.81. The van der Waals surface area contributed by atoms with Crippen molar-refractivity contribution < 1.29 is 4.79 Å². The zero-order chi connectivity index (χ0) is 14.9. The molecule has 2 aromatic rings. The molecule has 0 spiro atoms. The van der Waals surface area contributed by atoms with Gasteiger partial charge >= 0.3 is 0 Å². The van der Waals surface area contributed by atoms with Gasteiger partial charge in [-0.1, -0.05) is 54.6 Å². The van der Waals surface area contributed by atoms with E-state index < -0.39 is 0 Å². The minimum absolute atomic E-state index is 0.0763. The number of hydrogen-bond donors (Lipinski definition) is 1. The number of carbonyl (C=O) groups is 1. The average molecular weight is 292 g/mol. The third kappa shape index (κ3) is 2.42. The Morgan fingerprint density at radius 1 is 0.955 bits per heavy atom. The lowest BCUT2D eigenvalue weighted by Gasteiger charge is -2.17. The molecule has 2 aromatic carbocycles. The number of fused-ring (bicyclic) bond motifs is 3. The van der Waals surface area contributed by atoms with Crippen molar-refractivity contribution in [1.82, 2.24) is 10.2 Å². The number of hydrogen-bond acceptors (Lipinski definition) is 2. The molecule has 3 nitrogen and oxygen atoms in total. The Bertz CT molecular complexity index is 683. The molecule has 0 saturated carbocycles. The van der Waals surface area contributed by atoms with E-state index in [1.54, 1.807) is 0 Å². The van der Waals surface area contributed by atoms with Gasteiger partial charge < -0.3 is 5.32 Å². The Balaban J connectivity index is 1.60. The van der Waals surface area contributed by atoms with E-state index in [2.05, 4.69) is 58.7 Å². The van der Waals surface area contributed by atoms with Crippen LogP contribution in [0.2, 0.25) is 0 Å². The van der Waals surface area contributed by atoms with E-state index in [9.17, 15) is 4.79 Å². The minimum Gasteiger partial charge on any atom is -0.352 e. The monoisotopic (exact) mass is 292 g/mol. The fraction of sp³-hybridized carbons (Fsp3) is 0.316. The summed E-state index contributed by atoms with van der Waals surface area (Å²) in [6, 6.07) is 19.0. The summed E-state index contributed by atoms with van der Waals surface area (Å²) >= 11 is 0. The topological polar surface area (TPSA) is 32.3 Å². The maximum atomic E-state index is 12.4. The van der Waals surface area contributed by atoms with Gasteiger partial charge in [0.2, 0.25) is 5.91 Å². The molecule has 1 fully saturated rings. The summed E-state index contributed by atoms with van der Waals surface area (Å²) in [5.74, 6) is 0.603. The van der Waals surface area contributed by atoms with Gasteiger partial charge in [0.15, 0.2) is 0 Å². The first kappa shape index (κ1) is 13.5. The molecule has 1 amide bonds. The number of rotatable bonds is 2. The predicted octanol–water partition coefficient (Wildman–Crippen LogP) is 2.53. The number of likely N-dealkylation sites (tertiary alicyclic amines) is 1. The van der Waals surface area contributed by atoms with Crippen LogP contribution in [0.15, 0.2) is 54.6 Å². The van der Waals surface area contributed by atoms with E-state index in [1.165, 1.54) is 16.7 Å². The smallest absolute Gasteiger partial charge is 0.225 e. The van der Waals surface area contributed by atoms with Crippen LogP contribution >= 0.6 is 0 Å². The largest absolute Gasteiger partial charge is 0.352 e. The third-order valence-electron chi connectivity index (χ3n) is 4.89. The van der Waals surface area contributed by atoms with Crippen molar-refractivity contribution in [1.29, 1.82) is 0 Å².